The monoisotopic (exact) mass is 686 g/mol. The summed E-state index contributed by atoms with van der Waals surface area (Å²) >= 11 is 0. The second-order valence-corrected chi connectivity index (χ2v) is 18.5. The maximum atomic E-state index is 4.62. The maximum absolute atomic E-state index is 4.62. The Bertz CT molecular complexity index is 1650. The quantitative estimate of drug-likeness (QED) is 0.288. The zero-order valence-corrected chi connectivity index (χ0v) is 30.4. The van der Waals surface area contributed by atoms with Crippen molar-refractivity contribution >= 4 is 24.6 Å². The van der Waals surface area contributed by atoms with Crippen molar-refractivity contribution in [1.29, 1.82) is 0 Å². The molecular weight excluding hydrogens is 649 g/mol. The van der Waals surface area contributed by atoms with Crippen LogP contribution < -0.4 is 24.8 Å². The number of nitrogens with zero attached hydrogens (tertiary/aromatic N) is 1. The first-order valence-corrected chi connectivity index (χ1v) is 18.2. The third-order valence-electron chi connectivity index (χ3n) is 11.1. The van der Waals surface area contributed by atoms with E-state index in [4.69, 9.17) is 0 Å². The Hall–Kier alpha value is -1.38. The van der Waals surface area contributed by atoms with Crippen molar-refractivity contribution in [2.24, 2.45) is 22.7 Å². The first kappa shape index (κ1) is 32.0. The van der Waals surface area contributed by atoms with Crippen LogP contribution >= 0.6 is 0 Å². The van der Waals surface area contributed by atoms with Crippen LogP contribution in [-0.2, 0) is 31.6 Å². The van der Waals surface area contributed by atoms with Gasteiger partial charge in [0.05, 0.1) is 5.70 Å². The van der Waals surface area contributed by atoms with Crippen molar-refractivity contribution in [3.05, 3.63) is 99.0 Å². The van der Waals surface area contributed by atoms with Crippen molar-refractivity contribution < 1.29 is 51.0 Å². The molecule has 3 aliphatic heterocycles. The number of fused-ring (bicyclic) bond motifs is 1. The molecule has 4 saturated carbocycles. The number of halogens is 2. The van der Waals surface area contributed by atoms with Gasteiger partial charge in [0.25, 0.3) is 0 Å². The van der Waals surface area contributed by atoms with Gasteiger partial charge in [-0.15, -0.1) is 34.5 Å². The zero-order valence-electron chi connectivity index (χ0n) is 25.5. The molecule has 215 valence electrons. The number of rotatable bonds is 2. The zero-order chi connectivity index (χ0) is 26.7. The van der Waals surface area contributed by atoms with E-state index in [0.717, 1.165) is 17.8 Å². The smallest absolute Gasteiger partial charge is 1.00 e. The Morgan fingerprint density at radius 2 is 1.45 bits per heavy atom. The van der Waals surface area contributed by atoms with Crippen molar-refractivity contribution in [2.75, 3.05) is 0 Å². The number of aliphatic imine (C=N–C) groups is 1. The van der Waals surface area contributed by atoms with Gasteiger partial charge < -0.3 is 24.8 Å². The van der Waals surface area contributed by atoms with Gasteiger partial charge in [-0.25, -0.2) is 0 Å². The number of aryl methyl sites for hydroxylation is 1. The van der Waals surface area contributed by atoms with Crippen molar-refractivity contribution in [1.82, 2.24) is 0 Å². The number of hydrogen-bond acceptors (Lipinski definition) is 1. The van der Waals surface area contributed by atoms with Gasteiger partial charge in [0.1, 0.15) is 8.07 Å². The van der Waals surface area contributed by atoms with Gasteiger partial charge in [-0.1, -0.05) is 55.9 Å². The van der Waals surface area contributed by atoms with Gasteiger partial charge in [-0.3, -0.25) is 4.99 Å². The summed E-state index contributed by atoms with van der Waals surface area (Å²) in [6.45, 7) is 11.4. The molecule has 3 aromatic carbocycles. The van der Waals surface area contributed by atoms with E-state index >= 15 is 0 Å². The molecule has 0 saturated heterocycles. The summed E-state index contributed by atoms with van der Waals surface area (Å²) in [6.07, 6.45) is 11.2. The molecule has 6 bridgehead atoms. The molecule has 4 fully saturated rings. The Morgan fingerprint density at radius 3 is 2.02 bits per heavy atom. The van der Waals surface area contributed by atoms with Gasteiger partial charge in [-0.2, -0.15) is 6.07 Å². The average molecular weight is 689 g/mol. The standard InChI is InChI=1S/C26H27.C11H13NSi.2ClH.Zr/c1-17-9-22-3-2-4-24(25(22)10-17)21-5-7-23(8-6-21)26-14-18-11-19(15-26)13-20(12-18)16-26;1-6-5-8-9(12-6)11-7(2)10(8)13(11,3)4;;;/h2-10,18-20H,11-16H2,1H3;5H,1-4H3;2*1H;/q-1;;;;+3/p-2. The third-order valence-corrected chi connectivity index (χ3v) is 14.9. The molecule has 3 aromatic rings. The largest absolute Gasteiger partial charge is 3.00 e. The summed E-state index contributed by atoms with van der Waals surface area (Å²) in [7, 11) is -1.15. The van der Waals surface area contributed by atoms with Gasteiger partial charge in [0.15, 0.2) is 0 Å². The van der Waals surface area contributed by atoms with Gasteiger partial charge in [0.2, 0.25) is 0 Å². The molecule has 8 aliphatic rings. The Morgan fingerprint density at radius 1 is 0.833 bits per heavy atom. The fraction of sp³-hybridized carbons (Fsp3) is 0.405. The fourth-order valence-electron chi connectivity index (χ4n) is 10.2. The van der Waals surface area contributed by atoms with Gasteiger partial charge >= 0.3 is 26.2 Å². The van der Waals surface area contributed by atoms with E-state index in [-0.39, 0.29) is 51.0 Å². The second kappa shape index (κ2) is 11.2. The maximum Gasteiger partial charge on any atom is 3.00 e. The second-order valence-electron chi connectivity index (χ2n) is 14.3. The van der Waals surface area contributed by atoms with Crippen LogP contribution in [-0.4, -0.2) is 13.8 Å². The van der Waals surface area contributed by atoms with Crippen molar-refractivity contribution in [3.63, 3.8) is 0 Å². The van der Waals surface area contributed by atoms with Crippen LogP contribution in [0.25, 0.3) is 21.9 Å². The molecule has 0 atom stereocenters. The molecule has 0 aromatic heterocycles. The summed E-state index contributed by atoms with van der Waals surface area (Å²) in [5, 5.41) is 6.04. The minimum absolute atomic E-state index is 0. The van der Waals surface area contributed by atoms with Crippen molar-refractivity contribution in [2.45, 2.75) is 77.8 Å². The van der Waals surface area contributed by atoms with Crippen LogP contribution in [0.3, 0.4) is 0 Å². The predicted molar refractivity (Wildman–Crippen MR) is 168 cm³/mol. The van der Waals surface area contributed by atoms with Gasteiger partial charge in [-0.05, 0) is 109 Å². The Labute approximate surface area is 284 Å². The molecule has 0 spiro atoms. The van der Waals surface area contributed by atoms with E-state index in [2.05, 4.69) is 99.5 Å². The topological polar surface area (TPSA) is 12.4 Å². The molecule has 0 amide bonds. The first-order valence-electron chi connectivity index (χ1n) is 15.2. The molecule has 11 rings (SSSR count). The minimum atomic E-state index is -1.15. The van der Waals surface area contributed by atoms with Gasteiger partial charge in [0, 0.05) is 11.3 Å². The minimum Gasteiger partial charge on any atom is -1.00 e. The van der Waals surface area contributed by atoms with Crippen molar-refractivity contribution in [3.8, 4) is 11.1 Å². The van der Waals surface area contributed by atoms with Crippen LogP contribution in [0.15, 0.2) is 92.9 Å². The normalized spacial score (nSPS) is 28.5. The molecule has 42 heavy (non-hydrogen) atoms. The van der Waals surface area contributed by atoms with Crippen LogP contribution in [0.1, 0.15) is 63.5 Å². The van der Waals surface area contributed by atoms with E-state index in [1.807, 2.05) is 0 Å². The number of hydrogen-bond donors (Lipinski definition) is 0. The number of allylic oxidation sites excluding steroid dienone is 4. The van der Waals surface area contributed by atoms with E-state index < -0.39 is 8.07 Å². The van der Waals surface area contributed by atoms with Crippen LogP contribution in [0.4, 0.5) is 0 Å². The Kier molecular flexibility index (Phi) is 8.54. The summed E-state index contributed by atoms with van der Waals surface area (Å²) in [5.74, 6) is 3.05. The summed E-state index contributed by atoms with van der Waals surface area (Å²) in [6, 6.07) is 21.1. The first-order chi connectivity index (χ1) is 18.7. The molecule has 0 unspecified atom stereocenters. The van der Waals surface area contributed by atoms with Crippen LogP contribution in [0.5, 0.6) is 0 Å². The molecule has 5 heteroatoms. The third kappa shape index (κ3) is 4.72. The molecule has 3 heterocycles. The van der Waals surface area contributed by atoms with E-state index in [0.29, 0.717) is 5.41 Å². The average Bonchev–Trinajstić information content (AvgIpc) is 3.57. The molecular formula is C37H40Cl2NSiZr. The van der Waals surface area contributed by atoms with Crippen LogP contribution in [0, 0.1) is 24.7 Å². The molecule has 5 aliphatic carbocycles. The molecule has 1 radical (unpaired) electrons. The summed E-state index contributed by atoms with van der Waals surface area (Å²) in [5.41, 5.74) is 11.7. The molecule has 1 nitrogen and oxygen atoms in total. The SMILES string of the molecule is CC1=NC2=C3C(C)=C(C2=C1)[Si]3(C)C.Cc1cc2c(-c3ccc(C45CC6CC(CC(C6)C4)C5)cc3)cccc2[cH-]1.[Cl-].[Cl-].[Zr+3]. The molecule has 0 N–H and O–H groups in total. The summed E-state index contributed by atoms with van der Waals surface area (Å²) < 4.78 is 0. The van der Waals surface area contributed by atoms with E-state index in [9.17, 15) is 0 Å². The predicted octanol–water partition coefficient (Wildman–Crippen LogP) is 3.78. The summed E-state index contributed by atoms with van der Waals surface area (Å²) in [4.78, 5) is 4.62. The van der Waals surface area contributed by atoms with E-state index in [1.165, 1.54) is 88.5 Å². The number of benzene rings is 2. The van der Waals surface area contributed by atoms with E-state index in [1.54, 1.807) is 16.0 Å². The van der Waals surface area contributed by atoms with Crippen LogP contribution in [0.2, 0.25) is 13.1 Å². The fourth-order valence-corrected chi connectivity index (χ4v) is 14.0. The Balaban J connectivity index is 0.000000188.